The van der Waals surface area contributed by atoms with Crippen LogP contribution in [0.2, 0.25) is 0 Å². The largest absolute Gasteiger partial charge is 0.383 e. The molecule has 1 aromatic carbocycles. The lowest BCUT2D eigenvalue weighted by Crippen LogP contribution is -2.30. The summed E-state index contributed by atoms with van der Waals surface area (Å²) in [6, 6.07) is 2.80. The monoisotopic (exact) mass is 295 g/mol. The van der Waals surface area contributed by atoms with Gasteiger partial charge in [0.2, 0.25) is 11.8 Å². The highest BCUT2D eigenvalue weighted by Crippen LogP contribution is 2.28. The minimum absolute atomic E-state index is 0.0617. The normalized spacial score (nSPS) is 13.5. The molecule has 0 atom stereocenters. The fraction of sp³-hybridized carbons (Fsp3) is 0.429. The van der Waals surface area contributed by atoms with Crippen molar-refractivity contribution < 1.29 is 18.7 Å². The summed E-state index contributed by atoms with van der Waals surface area (Å²) >= 11 is 0. The Hall–Kier alpha value is -1.99. The van der Waals surface area contributed by atoms with Crippen LogP contribution in [0.1, 0.15) is 12.0 Å². The molecule has 1 aliphatic heterocycles. The quantitative estimate of drug-likeness (QED) is 0.681. The van der Waals surface area contributed by atoms with E-state index in [0.29, 0.717) is 31.7 Å². The third kappa shape index (κ3) is 4.24. The molecular weight excluding hydrogens is 277 g/mol. The van der Waals surface area contributed by atoms with E-state index in [9.17, 15) is 14.0 Å². The third-order valence-corrected chi connectivity index (χ3v) is 3.13. The number of halogens is 1. The lowest BCUT2D eigenvalue weighted by molar-refractivity contribution is -0.116. The zero-order valence-electron chi connectivity index (χ0n) is 11.8. The van der Waals surface area contributed by atoms with Gasteiger partial charge in [0.05, 0.1) is 18.8 Å². The standard InChI is InChI=1S/C14H18FN3O3/c1-21-5-4-16-8-14(20)18-12-7-11-9(6-10(12)15)2-3-13(19)17-11/h6-7,16H,2-5,8H2,1H3,(H,17,19)(H,18,20). The second-order valence-electron chi connectivity index (χ2n) is 4.76. The molecule has 114 valence electrons. The Kier molecular flexibility index (Phi) is 5.24. The van der Waals surface area contributed by atoms with E-state index in [1.165, 1.54) is 12.1 Å². The Bertz CT molecular complexity index is 549. The predicted molar refractivity (Wildman–Crippen MR) is 76.7 cm³/mol. The van der Waals surface area contributed by atoms with Gasteiger partial charge in [-0.2, -0.15) is 0 Å². The molecule has 1 aliphatic rings. The van der Waals surface area contributed by atoms with Gasteiger partial charge in [0.25, 0.3) is 0 Å². The molecule has 3 N–H and O–H groups in total. The molecule has 0 aliphatic carbocycles. The lowest BCUT2D eigenvalue weighted by atomic mass is 10.0. The Morgan fingerprint density at radius 1 is 1.43 bits per heavy atom. The number of carbonyl (C=O) groups excluding carboxylic acids is 2. The van der Waals surface area contributed by atoms with Gasteiger partial charge in [0.1, 0.15) is 5.82 Å². The number of amides is 2. The van der Waals surface area contributed by atoms with Gasteiger partial charge < -0.3 is 20.7 Å². The molecule has 1 aromatic rings. The lowest BCUT2D eigenvalue weighted by Gasteiger charge is -2.18. The smallest absolute Gasteiger partial charge is 0.238 e. The molecule has 0 saturated heterocycles. The second-order valence-corrected chi connectivity index (χ2v) is 4.76. The second kappa shape index (κ2) is 7.14. The van der Waals surface area contributed by atoms with Crippen LogP contribution in [0.3, 0.4) is 0 Å². The van der Waals surface area contributed by atoms with E-state index in [0.717, 1.165) is 5.56 Å². The molecule has 2 rings (SSSR count). The summed E-state index contributed by atoms with van der Waals surface area (Å²) in [6.45, 7) is 1.09. The van der Waals surface area contributed by atoms with Crippen molar-refractivity contribution in [3.63, 3.8) is 0 Å². The van der Waals surface area contributed by atoms with Gasteiger partial charge in [-0.1, -0.05) is 0 Å². The zero-order chi connectivity index (χ0) is 15.2. The molecule has 1 heterocycles. The first-order valence-corrected chi connectivity index (χ1v) is 6.72. The molecule has 0 spiro atoms. The van der Waals surface area contributed by atoms with Crippen LogP contribution in [0.25, 0.3) is 0 Å². The summed E-state index contributed by atoms with van der Waals surface area (Å²) in [5.41, 5.74) is 1.35. The summed E-state index contributed by atoms with van der Waals surface area (Å²) in [5.74, 6) is -0.963. The van der Waals surface area contributed by atoms with Crippen LogP contribution in [0.15, 0.2) is 12.1 Å². The highest BCUT2D eigenvalue weighted by atomic mass is 19.1. The number of anilines is 2. The van der Waals surface area contributed by atoms with Crippen LogP contribution in [0.4, 0.5) is 15.8 Å². The van der Waals surface area contributed by atoms with Gasteiger partial charge in [-0.3, -0.25) is 9.59 Å². The summed E-state index contributed by atoms with van der Waals surface area (Å²) < 4.78 is 18.7. The van der Waals surface area contributed by atoms with E-state index < -0.39 is 5.82 Å². The van der Waals surface area contributed by atoms with Gasteiger partial charge in [0.15, 0.2) is 0 Å². The van der Waals surface area contributed by atoms with Crippen molar-refractivity contribution in [3.05, 3.63) is 23.5 Å². The van der Waals surface area contributed by atoms with Crippen molar-refractivity contribution in [2.45, 2.75) is 12.8 Å². The first kappa shape index (κ1) is 15.4. The van der Waals surface area contributed by atoms with Crippen LogP contribution in [0, 0.1) is 5.82 Å². The molecule has 0 bridgehead atoms. The first-order chi connectivity index (χ1) is 10.1. The van der Waals surface area contributed by atoms with Gasteiger partial charge in [-0.25, -0.2) is 4.39 Å². The topological polar surface area (TPSA) is 79.5 Å². The van der Waals surface area contributed by atoms with Gasteiger partial charge in [0, 0.05) is 25.8 Å². The van der Waals surface area contributed by atoms with Crippen molar-refractivity contribution in [1.82, 2.24) is 5.32 Å². The van der Waals surface area contributed by atoms with Crippen LogP contribution >= 0.6 is 0 Å². The number of ether oxygens (including phenoxy) is 1. The molecular formula is C14H18FN3O3. The molecule has 0 unspecified atom stereocenters. The number of nitrogens with one attached hydrogen (secondary N) is 3. The number of hydrogen-bond acceptors (Lipinski definition) is 4. The van der Waals surface area contributed by atoms with E-state index in [-0.39, 0.29) is 24.0 Å². The Morgan fingerprint density at radius 3 is 3.00 bits per heavy atom. The maximum atomic E-state index is 13.9. The van der Waals surface area contributed by atoms with Crippen LogP contribution in [-0.4, -0.2) is 38.6 Å². The number of fused-ring (bicyclic) bond motifs is 1. The summed E-state index contributed by atoms with van der Waals surface area (Å²) in [7, 11) is 1.57. The number of aryl methyl sites for hydroxylation is 1. The number of rotatable bonds is 6. The first-order valence-electron chi connectivity index (χ1n) is 6.72. The van der Waals surface area contributed by atoms with Crippen molar-refractivity contribution in [3.8, 4) is 0 Å². The van der Waals surface area contributed by atoms with Gasteiger partial charge in [-0.15, -0.1) is 0 Å². The number of hydrogen-bond donors (Lipinski definition) is 3. The van der Waals surface area contributed by atoms with Crippen molar-refractivity contribution in [1.29, 1.82) is 0 Å². The molecule has 0 radical (unpaired) electrons. The molecule has 0 aromatic heterocycles. The number of methoxy groups -OCH3 is 1. The average molecular weight is 295 g/mol. The molecule has 7 heteroatoms. The van der Waals surface area contributed by atoms with Crippen LogP contribution in [-0.2, 0) is 20.7 Å². The predicted octanol–water partition coefficient (Wildman–Crippen LogP) is 0.885. The van der Waals surface area contributed by atoms with Gasteiger partial charge >= 0.3 is 0 Å². The van der Waals surface area contributed by atoms with Crippen molar-refractivity contribution >= 4 is 23.2 Å². The maximum absolute atomic E-state index is 13.9. The summed E-state index contributed by atoms with van der Waals surface area (Å²) in [5, 5.41) is 8.02. The SMILES string of the molecule is COCCNCC(=O)Nc1cc2c(cc1F)CCC(=O)N2. The zero-order valence-corrected chi connectivity index (χ0v) is 11.8. The number of carbonyl (C=O) groups is 2. The summed E-state index contributed by atoms with van der Waals surface area (Å²) in [4.78, 5) is 23.0. The Labute approximate surface area is 122 Å². The fourth-order valence-electron chi connectivity index (χ4n) is 2.06. The van der Waals surface area contributed by atoms with Crippen molar-refractivity contribution in [2.75, 3.05) is 37.4 Å². The minimum atomic E-state index is -0.504. The van der Waals surface area contributed by atoms with E-state index in [1.807, 2.05) is 0 Å². The Balaban J connectivity index is 1.98. The molecule has 2 amide bonds. The third-order valence-electron chi connectivity index (χ3n) is 3.13. The van der Waals surface area contributed by atoms with E-state index in [4.69, 9.17) is 4.74 Å². The van der Waals surface area contributed by atoms with E-state index >= 15 is 0 Å². The van der Waals surface area contributed by atoms with E-state index in [1.54, 1.807) is 7.11 Å². The highest BCUT2D eigenvalue weighted by molar-refractivity contribution is 5.97. The minimum Gasteiger partial charge on any atom is -0.383 e. The number of benzene rings is 1. The molecule has 6 nitrogen and oxygen atoms in total. The Morgan fingerprint density at radius 2 is 2.24 bits per heavy atom. The molecule has 0 fully saturated rings. The molecule has 0 saturated carbocycles. The van der Waals surface area contributed by atoms with Gasteiger partial charge in [-0.05, 0) is 24.1 Å². The van der Waals surface area contributed by atoms with Crippen LogP contribution < -0.4 is 16.0 Å². The average Bonchev–Trinajstić information content (AvgIpc) is 2.45. The fourth-order valence-corrected chi connectivity index (χ4v) is 2.06. The molecule has 21 heavy (non-hydrogen) atoms. The highest BCUT2D eigenvalue weighted by Gasteiger charge is 2.18. The summed E-state index contributed by atoms with van der Waals surface area (Å²) in [6.07, 6.45) is 0.854. The van der Waals surface area contributed by atoms with Crippen LogP contribution in [0.5, 0.6) is 0 Å². The maximum Gasteiger partial charge on any atom is 0.238 e. The van der Waals surface area contributed by atoms with E-state index in [2.05, 4.69) is 16.0 Å². The van der Waals surface area contributed by atoms with Crippen molar-refractivity contribution in [2.24, 2.45) is 0 Å².